The van der Waals surface area contributed by atoms with E-state index in [2.05, 4.69) is 56.2 Å². The lowest BCUT2D eigenvalue weighted by atomic mass is 10.0. The molecule has 1 aliphatic heterocycles. The number of benzene rings is 1. The van der Waals surface area contributed by atoms with Crippen LogP contribution < -0.4 is 5.32 Å². The Labute approximate surface area is 167 Å². The van der Waals surface area contributed by atoms with Gasteiger partial charge in [-0.15, -0.1) is 0 Å². The molecule has 1 aliphatic rings. The van der Waals surface area contributed by atoms with Gasteiger partial charge < -0.3 is 9.74 Å². The molecule has 1 aromatic carbocycles. The van der Waals surface area contributed by atoms with Crippen molar-refractivity contribution in [2.75, 3.05) is 26.7 Å². The largest absolute Gasteiger partial charge is 0.413 e. The zero-order valence-corrected chi connectivity index (χ0v) is 19.1. The van der Waals surface area contributed by atoms with Gasteiger partial charge in [-0.2, -0.15) is 18.8 Å². The quantitative estimate of drug-likeness (QED) is 0.741. The summed E-state index contributed by atoms with van der Waals surface area (Å²) in [6.07, 6.45) is 1.46. The van der Waals surface area contributed by atoms with E-state index in [9.17, 15) is 0 Å². The Bertz CT molecular complexity index is 624. The Morgan fingerprint density at radius 2 is 2.08 bits per heavy atom. The molecule has 1 saturated heterocycles. The molecule has 0 bridgehead atoms. The molecule has 26 heavy (non-hydrogen) atoms. The number of nitrogens with zero attached hydrogens (tertiary/aromatic N) is 2. The zero-order chi connectivity index (χ0) is 18.7. The minimum absolute atomic E-state index is 0. The fourth-order valence-electron chi connectivity index (χ4n) is 3.10. The molecular formula is C20H35N3OSSi. The molecular weight excluding hydrogens is 358 g/mol. The van der Waals surface area contributed by atoms with Crippen LogP contribution in [-0.4, -0.2) is 46.0 Å². The highest BCUT2D eigenvalue weighted by Gasteiger charge is 2.40. The smallest absolute Gasteiger partial charge is 0.192 e. The number of nitrogens with one attached hydrogen (secondary N) is 1. The minimum atomic E-state index is -1.70. The molecule has 1 heterocycles. The van der Waals surface area contributed by atoms with Crippen molar-refractivity contribution in [1.82, 2.24) is 10.2 Å². The molecule has 0 spiro atoms. The molecule has 0 amide bonds. The van der Waals surface area contributed by atoms with Crippen LogP contribution in [0.4, 0.5) is 0 Å². The van der Waals surface area contributed by atoms with Crippen LogP contribution in [0.1, 0.15) is 44.4 Å². The van der Waals surface area contributed by atoms with E-state index in [1.807, 2.05) is 25.2 Å². The van der Waals surface area contributed by atoms with E-state index in [1.165, 1.54) is 5.56 Å². The van der Waals surface area contributed by atoms with E-state index >= 15 is 0 Å². The third-order valence-corrected chi connectivity index (χ3v) is 10.2. The Morgan fingerprint density at radius 1 is 1.38 bits per heavy atom. The monoisotopic (exact) mass is 393 g/mol. The molecule has 1 N–H and O–H groups in total. The predicted octanol–water partition coefficient (Wildman–Crippen LogP) is 4.03. The molecule has 1 fully saturated rings. The maximum Gasteiger partial charge on any atom is 0.192 e. The van der Waals surface area contributed by atoms with Gasteiger partial charge in [-0.1, -0.05) is 32.9 Å². The van der Waals surface area contributed by atoms with Gasteiger partial charge >= 0.3 is 0 Å². The molecule has 146 valence electrons. The Morgan fingerprint density at radius 3 is 2.65 bits per heavy atom. The van der Waals surface area contributed by atoms with Crippen LogP contribution in [0, 0.1) is 11.3 Å². The standard InChI is InChI=1S/C20H33N3OSi.H2S/c1-20(2,3)25(5,6)24-18-10-11-23(14-18)15-19(22-4)17-9-7-8-16(12-17)13-21;/h7-9,12,18-19,22H,10-11,14-15H2,1-6H3;1H2/t18-,19+;/m0./s1. The third kappa shape index (κ3) is 5.83. The van der Waals surface area contributed by atoms with Crippen LogP contribution in [0.2, 0.25) is 18.1 Å². The van der Waals surface area contributed by atoms with E-state index < -0.39 is 8.32 Å². The van der Waals surface area contributed by atoms with Crippen molar-refractivity contribution in [2.24, 2.45) is 0 Å². The van der Waals surface area contributed by atoms with Crippen molar-refractivity contribution in [3.8, 4) is 6.07 Å². The van der Waals surface area contributed by atoms with Crippen molar-refractivity contribution in [2.45, 2.75) is 57.5 Å². The first-order valence-corrected chi connectivity index (χ1v) is 12.1. The summed E-state index contributed by atoms with van der Waals surface area (Å²) in [6, 6.07) is 10.4. The van der Waals surface area contributed by atoms with Crippen molar-refractivity contribution in [3.63, 3.8) is 0 Å². The normalized spacial score (nSPS) is 19.7. The second-order valence-electron chi connectivity index (χ2n) is 8.63. The first-order chi connectivity index (χ1) is 11.7. The van der Waals surface area contributed by atoms with Gasteiger partial charge in [0.15, 0.2) is 8.32 Å². The van der Waals surface area contributed by atoms with Crippen LogP contribution >= 0.6 is 13.5 Å². The highest BCUT2D eigenvalue weighted by molar-refractivity contribution is 7.59. The second kappa shape index (κ2) is 9.38. The lowest BCUT2D eigenvalue weighted by molar-refractivity contribution is 0.177. The van der Waals surface area contributed by atoms with Crippen molar-refractivity contribution in [1.29, 1.82) is 5.26 Å². The van der Waals surface area contributed by atoms with Crippen molar-refractivity contribution in [3.05, 3.63) is 35.4 Å². The van der Waals surface area contributed by atoms with Gasteiger partial charge in [0.05, 0.1) is 17.7 Å². The molecule has 2 rings (SSSR count). The summed E-state index contributed by atoms with van der Waals surface area (Å²) >= 11 is 0. The maximum absolute atomic E-state index is 9.12. The third-order valence-electron chi connectivity index (χ3n) is 5.70. The SMILES string of the molecule is CN[C@H](CN1CC[C@H](O[Si](C)(C)C(C)(C)C)C1)c1cccc(C#N)c1.S. The summed E-state index contributed by atoms with van der Waals surface area (Å²) in [5.74, 6) is 0. The van der Waals surface area contributed by atoms with Gasteiger partial charge in [0.2, 0.25) is 0 Å². The molecule has 6 heteroatoms. The number of hydrogen-bond donors (Lipinski definition) is 1. The van der Waals surface area contributed by atoms with Gasteiger partial charge in [0.1, 0.15) is 0 Å². The Balaban J connectivity index is 0.00000338. The van der Waals surface area contributed by atoms with Crippen LogP contribution in [-0.2, 0) is 4.43 Å². The average molecular weight is 394 g/mol. The van der Waals surface area contributed by atoms with Crippen LogP contribution in [0.5, 0.6) is 0 Å². The highest BCUT2D eigenvalue weighted by atomic mass is 32.1. The topological polar surface area (TPSA) is 48.3 Å². The van der Waals surface area contributed by atoms with Gasteiger partial charge in [0.25, 0.3) is 0 Å². The number of hydrogen-bond acceptors (Lipinski definition) is 4. The van der Waals surface area contributed by atoms with Gasteiger partial charge in [-0.3, -0.25) is 4.90 Å². The molecule has 0 saturated carbocycles. The molecule has 2 atom stereocenters. The van der Waals surface area contributed by atoms with E-state index in [0.29, 0.717) is 6.10 Å². The molecule has 1 aromatic rings. The van der Waals surface area contributed by atoms with Crippen LogP contribution in [0.25, 0.3) is 0 Å². The Kier molecular flexibility index (Phi) is 8.37. The zero-order valence-electron chi connectivity index (χ0n) is 17.1. The second-order valence-corrected chi connectivity index (χ2v) is 13.4. The van der Waals surface area contributed by atoms with E-state index in [4.69, 9.17) is 9.69 Å². The summed E-state index contributed by atoms with van der Waals surface area (Å²) < 4.78 is 6.58. The molecule has 0 radical (unpaired) electrons. The predicted molar refractivity (Wildman–Crippen MR) is 116 cm³/mol. The first-order valence-electron chi connectivity index (χ1n) is 9.24. The molecule has 4 nitrogen and oxygen atoms in total. The summed E-state index contributed by atoms with van der Waals surface area (Å²) in [7, 11) is 0.287. The number of rotatable bonds is 6. The van der Waals surface area contributed by atoms with Crippen molar-refractivity contribution < 1.29 is 4.43 Å². The summed E-state index contributed by atoms with van der Waals surface area (Å²) in [5.41, 5.74) is 1.90. The van der Waals surface area contributed by atoms with Crippen molar-refractivity contribution >= 4 is 21.8 Å². The van der Waals surface area contributed by atoms with E-state index in [-0.39, 0.29) is 24.6 Å². The maximum atomic E-state index is 9.12. The number of nitriles is 1. The molecule has 0 aliphatic carbocycles. The summed E-state index contributed by atoms with van der Waals surface area (Å²) in [5, 5.41) is 12.8. The number of likely N-dealkylation sites (tertiary alicyclic amines) is 1. The van der Waals surface area contributed by atoms with Crippen LogP contribution in [0.15, 0.2) is 24.3 Å². The average Bonchev–Trinajstić information content (AvgIpc) is 2.98. The number of likely N-dealkylation sites (N-methyl/N-ethyl adjacent to an activating group) is 1. The Hall–Kier alpha value is -0.843. The summed E-state index contributed by atoms with van der Waals surface area (Å²) in [4.78, 5) is 2.48. The highest BCUT2D eigenvalue weighted by Crippen LogP contribution is 2.38. The van der Waals surface area contributed by atoms with Gasteiger partial charge in [-0.25, -0.2) is 0 Å². The lowest BCUT2D eigenvalue weighted by Crippen LogP contribution is -2.44. The fraction of sp³-hybridized carbons (Fsp3) is 0.650. The summed E-state index contributed by atoms with van der Waals surface area (Å²) in [6.45, 7) is 14.6. The fourth-order valence-corrected chi connectivity index (χ4v) is 4.48. The van der Waals surface area contributed by atoms with E-state index in [0.717, 1.165) is 31.6 Å². The van der Waals surface area contributed by atoms with Gasteiger partial charge in [-0.05, 0) is 49.3 Å². The van der Waals surface area contributed by atoms with Gasteiger partial charge in [0, 0.05) is 25.7 Å². The lowest BCUT2D eigenvalue weighted by Gasteiger charge is -2.38. The minimum Gasteiger partial charge on any atom is -0.413 e. The van der Waals surface area contributed by atoms with Crippen LogP contribution in [0.3, 0.4) is 0 Å². The molecule has 0 aromatic heterocycles. The molecule has 0 unspecified atom stereocenters. The van der Waals surface area contributed by atoms with E-state index in [1.54, 1.807) is 0 Å². The first kappa shape index (κ1) is 23.2.